The van der Waals surface area contributed by atoms with Gasteiger partial charge in [-0.25, -0.2) is 0 Å². The molecule has 0 aromatic rings. The van der Waals surface area contributed by atoms with Crippen molar-refractivity contribution in [3.8, 4) is 0 Å². The standard InChI is InChI=1S/C4H10S2.2ClH.Pt/c1-5-3-4-6-2;;;/h3-4H2,1-2H3;2*1H;/q;;;+2. The molecule has 0 nitrogen and oxygen atoms in total. The fourth-order valence-electron chi connectivity index (χ4n) is 0.200. The second-order valence-electron chi connectivity index (χ2n) is 1.12. The maximum absolute atomic E-state index is 4.88. The van der Waals surface area contributed by atoms with Crippen LogP contribution in [0, 0.1) is 0 Å². The Morgan fingerprint density at radius 1 is 1.11 bits per heavy atom. The number of thiol groups is 2. The SMILES string of the molecule is C[SH+]CC[SH+]C.[Cl][Pt][Cl]. The average Bonchev–Trinajstić information content (AvgIpc) is 1.86. The zero-order valence-corrected chi connectivity index (χ0v) is 11.0. The van der Waals surface area contributed by atoms with Gasteiger partial charge in [-0.1, -0.05) is 0 Å². The Morgan fingerprint density at radius 2 is 1.33 bits per heavy atom. The van der Waals surface area contributed by atoms with Crippen molar-refractivity contribution in [1.82, 2.24) is 0 Å². The van der Waals surface area contributed by atoms with Crippen LogP contribution in [0.25, 0.3) is 0 Å². The van der Waals surface area contributed by atoms with Crippen LogP contribution in [0.1, 0.15) is 0 Å². The van der Waals surface area contributed by atoms with Crippen LogP contribution in [0.15, 0.2) is 0 Å². The van der Waals surface area contributed by atoms with E-state index in [9.17, 15) is 0 Å². The summed E-state index contributed by atoms with van der Waals surface area (Å²) in [5, 5.41) is 0. The Kier molecular flexibility index (Phi) is 24.9. The summed E-state index contributed by atoms with van der Waals surface area (Å²) in [6, 6.07) is 0. The van der Waals surface area contributed by atoms with E-state index >= 15 is 0 Å². The average molecular weight is 390 g/mol. The molecule has 0 fully saturated rings. The number of rotatable bonds is 3. The Labute approximate surface area is 82.2 Å². The van der Waals surface area contributed by atoms with Crippen molar-refractivity contribution in [2.75, 3.05) is 24.0 Å². The summed E-state index contributed by atoms with van der Waals surface area (Å²) >= 11 is 2.60. The van der Waals surface area contributed by atoms with Gasteiger partial charge in [0.1, 0.15) is 11.5 Å². The van der Waals surface area contributed by atoms with Crippen molar-refractivity contribution in [2.45, 2.75) is 0 Å². The van der Waals surface area contributed by atoms with Gasteiger partial charge in [0.25, 0.3) is 0 Å². The van der Waals surface area contributed by atoms with Crippen LogP contribution >= 0.6 is 18.8 Å². The van der Waals surface area contributed by atoms with E-state index < -0.39 is 16.5 Å². The molecule has 9 heavy (non-hydrogen) atoms. The Bertz CT molecular complexity index is 35.7. The summed E-state index contributed by atoms with van der Waals surface area (Å²) in [6.07, 6.45) is 4.40. The second-order valence-corrected chi connectivity index (χ2v) is 6.57. The van der Waals surface area contributed by atoms with Crippen molar-refractivity contribution in [1.29, 1.82) is 0 Å². The molecular weight excluding hydrogens is 378 g/mol. The van der Waals surface area contributed by atoms with Gasteiger partial charge >= 0.3 is 35.3 Å². The van der Waals surface area contributed by atoms with Crippen LogP contribution in [-0.2, 0) is 40.0 Å². The maximum atomic E-state index is 4.88. The molecule has 0 aliphatic carbocycles. The molecule has 5 heteroatoms. The predicted molar refractivity (Wildman–Crippen MR) is 50.8 cm³/mol. The number of halogens is 2. The molecule has 0 aliphatic rings. The summed E-state index contributed by atoms with van der Waals surface area (Å²) in [4.78, 5) is 0. The van der Waals surface area contributed by atoms with E-state index in [1.54, 1.807) is 0 Å². The zero-order valence-electron chi connectivity index (χ0n) is 5.38. The Hall–Kier alpha value is 1.97. The van der Waals surface area contributed by atoms with Crippen LogP contribution in [0.5, 0.6) is 0 Å². The topological polar surface area (TPSA) is 0 Å². The summed E-state index contributed by atoms with van der Waals surface area (Å²) in [5.41, 5.74) is 0. The third-order valence-corrected chi connectivity index (χ3v) is 2.24. The van der Waals surface area contributed by atoms with Gasteiger partial charge in [-0.2, -0.15) is 0 Å². The molecule has 0 N–H and O–H groups in total. The molecule has 0 heterocycles. The van der Waals surface area contributed by atoms with Crippen LogP contribution in [-0.4, -0.2) is 24.0 Å². The second kappa shape index (κ2) is 16.5. The molecule has 62 valence electrons. The van der Waals surface area contributed by atoms with Gasteiger partial charge in [0, 0.05) is 0 Å². The first-order chi connectivity index (χ1) is 4.33. The van der Waals surface area contributed by atoms with E-state index in [1.165, 1.54) is 35.0 Å². The third kappa shape index (κ3) is 25.6. The predicted octanol–water partition coefficient (Wildman–Crippen LogP) is 1.25. The van der Waals surface area contributed by atoms with Crippen molar-refractivity contribution in [3.05, 3.63) is 0 Å². The molecule has 0 saturated heterocycles. The van der Waals surface area contributed by atoms with Gasteiger partial charge in [-0.05, 0) is 23.5 Å². The van der Waals surface area contributed by atoms with Gasteiger partial charge < -0.3 is 0 Å². The molecule has 0 atom stereocenters. The first kappa shape index (κ1) is 13.6. The van der Waals surface area contributed by atoms with Gasteiger partial charge in [0.05, 0.1) is 12.5 Å². The Morgan fingerprint density at radius 3 is 1.44 bits per heavy atom. The van der Waals surface area contributed by atoms with Gasteiger partial charge in [-0.15, -0.1) is 0 Å². The molecule has 0 amide bonds. The molecule has 0 aromatic heterocycles. The molecule has 0 radical (unpaired) electrons. The molecule has 0 saturated carbocycles. The summed E-state index contributed by atoms with van der Waals surface area (Å²) < 4.78 is 0. The van der Waals surface area contributed by atoms with Crippen LogP contribution in [0.3, 0.4) is 0 Å². The minimum absolute atomic E-state index is 0.472. The van der Waals surface area contributed by atoms with Crippen LogP contribution < -0.4 is 0 Å². The van der Waals surface area contributed by atoms with E-state index in [4.69, 9.17) is 18.8 Å². The molecule has 0 rings (SSSR count). The first-order valence-electron chi connectivity index (χ1n) is 2.27. The van der Waals surface area contributed by atoms with E-state index in [2.05, 4.69) is 12.5 Å². The van der Waals surface area contributed by atoms with E-state index in [1.807, 2.05) is 0 Å². The summed E-state index contributed by atoms with van der Waals surface area (Å²) in [7, 11) is 9.75. The van der Waals surface area contributed by atoms with E-state index in [-0.39, 0.29) is 0 Å². The monoisotopic (exact) mass is 389 g/mol. The molecule has 0 aromatic carbocycles. The molecule has 0 spiro atoms. The van der Waals surface area contributed by atoms with Crippen molar-refractivity contribution in [3.63, 3.8) is 0 Å². The van der Waals surface area contributed by atoms with Crippen LogP contribution in [0.2, 0.25) is 0 Å². The fraction of sp³-hybridized carbons (Fsp3) is 1.00. The van der Waals surface area contributed by atoms with Crippen molar-refractivity contribution >= 4 is 42.4 Å². The zero-order chi connectivity index (χ0) is 7.54. The van der Waals surface area contributed by atoms with Gasteiger partial charge in [-0.3, -0.25) is 0 Å². The van der Waals surface area contributed by atoms with E-state index in [0.717, 1.165) is 0 Å². The molecule has 0 bridgehead atoms. The minimum atomic E-state index is -0.472. The van der Waals surface area contributed by atoms with Crippen molar-refractivity contribution in [2.24, 2.45) is 0 Å². The molecule has 0 unspecified atom stereocenters. The third-order valence-electron chi connectivity index (χ3n) is 0.547. The van der Waals surface area contributed by atoms with Crippen molar-refractivity contribution < 1.29 is 16.5 Å². The first-order valence-corrected chi connectivity index (χ1v) is 11.0. The quantitative estimate of drug-likeness (QED) is 0.387. The normalized spacial score (nSPS) is 8.44. The van der Waals surface area contributed by atoms with Gasteiger partial charge in [0.15, 0.2) is 0 Å². The fourth-order valence-corrected chi connectivity index (χ4v) is 1.80. The molecular formula is C4H12Cl2PtS2+2. The Balaban J connectivity index is 0. The summed E-state index contributed by atoms with van der Waals surface area (Å²) in [5.74, 6) is 2.75. The summed E-state index contributed by atoms with van der Waals surface area (Å²) in [6.45, 7) is 0. The van der Waals surface area contributed by atoms with Crippen LogP contribution in [0.4, 0.5) is 0 Å². The van der Waals surface area contributed by atoms with Gasteiger partial charge in [0.2, 0.25) is 0 Å². The number of hydrogen-bond donors (Lipinski definition) is 0. The molecule has 0 aliphatic heterocycles. The van der Waals surface area contributed by atoms with E-state index in [0.29, 0.717) is 0 Å². The number of hydrogen-bond acceptors (Lipinski definition) is 0.